The molecule has 0 fully saturated rings. The molecular weight excluding hydrogens is 408 g/mol. The fourth-order valence-corrected chi connectivity index (χ4v) is 3.17. The zero-order valence-corrected chi connectivity index (χ0v) is 15.9. The first-order chi connectivity index (χ1) is 13.0. The van der Waals surface area contributed by atoms with Crippen LogP contribution in [0.4, 0.5) is 5.69 Å². The van der Waals surface area contributed by atoms with Crippen LogP contribution < -0.4 is 5.32 Å². The first kappa shape index (κ1) is 17.3. The Labute approximate surface area is 163 Å². The van der Waals surface area contributed by atoms with Crippen LogP contribution in [0.1, 0.15) is 15.9 Å². The zero-order chi connectivity index (χ0) is 19.0. The van der Waals surface area contributed by atoms with Gasteiger partial charge in [0.05, 0.1) is 5.56 Å². The second kappa shape index (κ2) is 6.89. The Balaban J connectivity index is 1.67. The van der Waals surface area contributed by atoms with Crippen LogP contribution in [0.25, 0.3) is 22.6 Å². The van der Waals surface area contributed by atoms with Crippen LogP contribution in [-0.2, 0) is 0 Å². The minimum absolute atomic E-state index is 0.0266. The first-order valence-corrected chi connectivity index (χ1v) is 9.06. The molecular formula is C21H15BrN2O3. The minimum atomic E-state index is -0.249. The number of amides is 1. The number of carbonyl (C=O) groups is 1. The average Bonchev–Trinajstić information content (AvgIpc) is 3.06. The number of hydrogen-bond acceptors (Lipinski definition) is 4. The lowest BCUT2D eigenvalue weighted by molar-refractivity contribution is 0.102. The molecule has 5 nitrogen and oxygen atoms in total. The highest BCUT2D eigenvalue weighted by atomic mass is 79.9. The largest absolute Gasteiger partial charge is 0.507 e. The van der Waals surface area contributed by atoms with Crippen LogP contribution in [0.5, 0.6) is 5.75 Å². The Kier molecular flexibility index (Phi) is 4.41. The number of hydrogen-bond donors (Lipinski definition) is 2. The van der Waals surface area contributed by atoms with Crippen molar-refractivity contribution in [3.05, 3.63) is 76.3 Å². The van der Waals surface area contributed by atoms with E-state index in [9.17, 15) is 9.90 Å². The number of anilines is 1. The molecule has 0 atom stereocenters. The summed E-state index contributed by atoms with van der Waals surface area (Å²) in [4.78, 5) is 16.9. The number of oxazole rings is 1. The quantitative estimate of drug-likeness (QED) is 0.426. The molecule has 0 spiro atoms. The molecule has 4 aromatic rings. The van der Waals surface area contributed by atoms with E-state index < -0.39 is 0 Å². The fourth-order valence-electron chi connectivity index (χ4n) is 2.77. The van der Waals surface area contributed by atoms with E-state index in [0.717, 1.165) is 10.0 Å². The van der Waals surface area contributed by atoms with E-state index in [0.29, 0.717) is 33.8 Å². The molecule has 0 aliphatic rings. The highest BCUT2D eigenvalue weighted by molar-refractivity contribution is 9.10. The molecule has 0 unspecified atom stereocenters. The standard InChI is InChI=1S/C21H15BrN2O3/c1-12-5-8-19-17(9-12)24-21(27-19)16-11-15(6-7-18(16)25)23-20(26)13-3-2-4-14(22)10-13/h2-11,25H,1H3,(H,23,26). The maximum atomic E-state index is 12.4. The van der Waals surface area contributed by atoms with Crippen molar-refractivity contribution in [2.75, 3.05) is 5.32 Å². The number of phenolic OH excluding ortho intramolecular Hbond substituents is 1. The third kappa shape index (κ3) is 3.57. The van der Waals surface area contributed by atoms with Crippen molar-refractivity contribution in [2.24, 2.45) is 0 Å². The molecule has 134 valence electrons. The maximum absolute atomic E-state index is 12.4. The van der Waals surface area contributed by atoms with Gasteiger partial charge in [0.2, 0.25) is 5.89 Å². The number of halogens is 1. The Morgan fingerprint density at radius 3 is 2.78 bits per heavy atom. The summed E-state index contributed by atoms with van der Waals surface area (Å²) in [5.74, 6) is 0.0755. The second-order valence-electron chi connectivity index (χ2n) is 6.19. The van der Waals surface area contributed by atoms with Crippen LogP contribution in [0.3, 0.4) is 0 Å². The summed E-state index contributed by atoms with van der Waals surface area (Å²) in [6, 6.07) is 17.6. The summed E-state index contributed by atoms with van der Waals surface area (Å²) in [5.41, 5.74) is 3.90. The molecule has 0 saturated heterocycles. The SMILES string of the molecule is Cc1ccc2oc(-c3cc(NC(=O)c4cccc(Br)c4)ccc3O)nc2c1. The predicted molar refractivity (Wildman–Crippen MR) is 108 cm³/mol. The summed E-state index contributed by atoms with van der Waals surface area (Å²) in [6.07, 6.45) is 0. The predicted octanol–water partition coefficient (Wildman–Crippen LogP) is 5.52. The molecule has 4 rings (SSSR count). The summed E-state index contributed by atoms with van der Waals surface area (Å²) >= 11 is 3.36. The van der Waals surface area contributed by atoms with E-state index >= 15 is 0 Å². The highest BCUT2D eigenvalue weighted by Gasteiger charge is 2.15. The van der Waals surface area contributed by atoms with Crippen LogP contribution in [0.2, 0.25) is 0 Å². The number of aromatic hydroxyl groups is 1. The highest BCUT2D eigenvalue weighted by Crippen LogP contribution is 2.33. The van der Waals surface area contributed by atoms with E-state index in [1.165, 1.54) is 6.07 Å². The van der Waals surface area contributed by atoms with E-state index in [2.05, 4.69) is 26.2 Å². The normalized spacial score (nSPS) is 10.9. The molecule has 2 N–H and O–H groups in total. The topological polar surface area (TPSA) is 75.4 Å². The molecule has 1 heterocycles. The van der Waals surface area contributed by atoms with Gasteiger partial charge in [-0.1, -0.05) is 28.1 Å². The molecule has 0 saturated carbocycles. The van der Waals surface area contributed by atoms with Gasteiger partial charge in [0.25, 0.3) is 5.91 Å². The summed E-state index contributed by atoms with van der Waals surface area (Å²) in [5, 5.41) is 13.1. The number of nitrogens with one attached hydrogen (secondary N) is 1. The number of aryl methyl sites for hydroxylation is 1. The number of phenols is 1. The Hall–Kier alpha value is -3.12. The van der Waals surface area contributed by atoms with Gasteiger partial charge in [-0.05, 0) is 61.0 Å². The lowest BCUT2D eigenvalue weighted by atomic mass is 10.1. The number of nitrogens with zero attached hydrogens (tertiary/aromatic N) is 1. The smallest absolute Gasteiger partial charge is 0.255 e. The fraction of sp³-hybridized carbons (Fsp3) is 0.0476. The van der Waals surface area contributed by atoms with E-state index in [1.807, 2.05) is 31.2 Å². The molecule has 0 aliphatic heterocycles. The molecule has 0 radical (unpaired) electrons. The van der Waals surface area contributed by atoms with Crippen molar-refractivity contribution in [2.45, 2.75) is 6.92 Å². The van der Waals surface area contributed by atoms with Crippen LogP contribution >= 0.6 is 15.9 Å². The van der Waals surface area contributed by atoms with Gasteiger partial charge in [-0.3, -0.25) is 4.79 Å². The van der Waals surface area contributed by atoms with Gasteiger partial charge in [0, 0.05) is 15.7 Å². The summed E-state index contributed by atoms with van der Waals surface area (Å²) in [7, 11) is 0. The number of aromatic nitrogens is 1. The monoisotopic (exact) mass is 422 g/mol. The number of fused-ring (bicyclic) bond motifs is 1. The van der Waals surface area contributed by atoms with Gasteiger partial charge in [-0.15, -0.1) is 0 Å². The maximum Gasteiger partial charge on any atom is 0.255 e. The molecule has 1 aromatic heterocycles. The molecule has 27 heavy (non-hydrogen) atoms. The average molecular weight is 423 g/mol. The Morgan fingerprint density at radius 2 is 1.96 bits per heavy atom. The van der Waals surface area contributed by atoms with Gasteiger partial charge in [0.15, 0.2) is 5.58 Å². The molecule has 3 aromatic carbocycles. The lowest BCUT2D eigenvalue weighted by Gasteiger charge is -2.08. The lowest BCUT2D eigenvalue weighted by Crippen LogP contribution is -2.11. The number of rotatable bonds is 3. The second-order valence-corrected chi connectivity index (χ2v) is 7.10. The van der Waals surface area contributed by atoms with Crippen molar-refractivity contribution < 1.29 is 14.3 Å². The third-order valence-electron chi connectivity index (χ3n) is 4.11. The van der Waals surface area contributed by atoms with E-state index in [1.54, 1.807) is 30.3 Å². The summed E-state index contributed by atoms with van der Waals surface area (Å²) < 4.78 is 6.58. The van der Waals surface area contributed by atoms with Crippen molar-refractivity contribution in [1.29, 1.82) is 0 Å². The van der Waals surface area contributed by atoms with E-state index in [-0.39, 0.29) is 11.7 Å². The molecule has 6 heteroatoms. The Bertz CT molecular complexity index is 1170. The van der Waals surface area contributed by atoms with Gasteiger partial charge >= 0.3 is 0 Å². The van der Waals surface area contributed by atoms with Gasteiger partial charge in [0.1, 0.15) is 11.3 Å². The van der Waals surface area contributed by atoms with Crippen LogP contribution in [-0.4, -0.2) is 16.0 Å². The van der Waals surface area contributed by atoms with Gasteiger partial charge in [-0.2, -0.15) is 0 Å². The first-order valence-electron chi connectivity index (χ1n) is 8.27. The van der Waals surface area contributed by atoms with Crippen LogP contribution in [0.15, 0.2) is 69.6 Å². The summed E-state index contributed by atoms with van der Waals surface area (Å²) in [6.45, 7) is 1.98. The zero-order valence-electron chi connectivity index (χ0n) is 14.4. The molecule has 0 aliphatic carbocycles. The third-order valence-corrected chi connectivity index (χ3v) is 4.61. The van der Waals surface area contributed by atoms with E-state index in [4.69, 9.17) is 4.42 Å². The van der Waals surface area contributed by atoms with Gasteiger partial charge in [-0.25, -0.2) is 4.98 Å². The van der Waals surface area contributed by atoms with Crippen molar-refractivity contribution in [3.8, 4) is 17.2 Å². The number of benzene rings is 3. The minimum Gasteiger partial charge on any atom is -0.507 e. The van der Waals surface area contributed by atoms with Crippen molar-refractivity contribution in [1.82, 2.24) is 4.98 Å². The molecule has 1 amide bonds. The number of carbonyl (C=O) groups excluding carboxylic acids is 1. The van der Waals surface area contributed by atoms with Crippen molar-refractivity contribution >= 4 is 38.6 Å². The Morgan fingerprint density at radius 1 is 1.11 bits per heavy atom. The van der Waals surface area contributed by atoms with Crippen LogP contribution in [0, 0.1) is 6.92 Å². The van der Waals surface area contributed by atoms with Crippen molar-refractivity contribution in [3.63, 3.8) is 0 Å². The van der Waals surface area contributed by atoms with Gasteiger partial charge < -0.3 is 14.8 Å². The molecule has 0 bridgehead atoms.